The van der Waals surface area contributed by atoms with Crippen LogP contribution in [0.25, 0.3) is 0 Å². The monoisotopic (exact) mass is 443 g/mol. The summed E-state index contributed by atoms with van der Waals surface area (Å²) in [7, 11) is -1.38. The third-order valence-corrected chi connectivity index (χ3v) is 11.9. The zero-order valence-electron chi connectivity index (χ0n) is 18.7. The minimum Gasteiger partial charge on any atom is -0.224 e. The molecule has 0 aliphatic rings. The molecule has 4 heteroatoms. The van der Waals surface area contributed by atoms with Gasteiger partial charge in [-0.3, -0.25) is 0 Å². The summed E-state index contributed by atoms with van der Waals surface area (Å²) in [5, 5.41) is 1.10. The number of pyridine rings is 1. The second-order valence-electron chi connectivity index (χ2n) is 8.73. The van der Waals surface area contributed by atoms with Crippen LogP contribution in [0, 0.1) is 0 Å². The fourth-order valence-electron chi connectivity index (χ4n) is 4.47. The van der Waals surface area contributed by atoms with Gasteiger partial charge in [-0.25, -0.2) is 4.98 Å². The lowest BCUT2D eigenvalue weighted by Crippen LogP contribution is -2.37. The second kappa shape index (κ2) is 15.7. The summed E-state index contributed by atoms with van der Waals surface area (Å²) in [6.07, 6.45) is 16.5. The van der Waals surface area contributed by atoms with E-state index < -0.39 is 8.07 Å². The molecule has 1 aromatic heterocycles. The minimum atomic E-state index is -1.38. The van der Waals surface area contributed by atoms with E-state index in [0.29, 0.717) is 10.3 Å². The zero-order valence-corrected chi connectivity index (χ0v) is 21.2. The van der Waals surface area contributed by atoms with E-state index >= 15 is 0 Å². The molecule has 0 spiro atoms. The van der Waals surface area contributed by atoms with Gasteiger partial charge in [-0.2, -0.15) is 0 Å². The summed E-state index contributed by atoms with van der Waals surface area (Å²) in [4.78, 5) is 4.17. The lowest BCUT2D eigenvalue weighted by Gasteiger charge is -2.33. The van der Waals surface area contributed by atoms with Crippen LogP contribution in [-0.4, -0.2) is 13.1 Å². The van der Waals surface area contributed by atoms with Crippen LogP contribution in [0.5, 0.6) is 0 Å². The van der Waals surface area contributed by atoms with Crippen LogP contribution in [0.15, 0.2) is 12.1 Å². The van der Waals surface area contributed by atoms with E-state index in [2.05, 4.69) is 37.9 Å². The van der Waals surface area contributed by atoms with Crippen molar-refractivity contribution in [2.45, 2.75) is 122 Å². The van der Waals surface area contributed by atoms with E-state index in [1.807, 2.05) is 0 Å². The van der Waals surface area contributed by atoms with Gasteiger partial charge in [0.05, 0.1) is 8.07 Å². The van der Waals surface area contributed by atoms with Crippen molar-refractivity contribution in [3.63, 3.8) is 0 Å². The van der Waals surface area contributed by atoms with Crippen LogP contribution >= 0.6 is 23.2 Å². The van der Waals surface area contributed by atoms with Crippen molar-refractivity contribution < 1.29 is 0 Å². The van der Waals surface area contributed by atoms with Gasteiger partial charge >= 0.3 is 0 Å². The van der Waals surface area contributed by atoms with Crippen molar-refractivity contribution in [1.82, 2.24) is 4.98 Å². The predicted molar refractivity (Wildman–Crippen MR) is 131 cm³/mol. The number of nitrogens with zero attached hydrogens (tertiary/aromatic N) is 1. The number of hydrogen-bond acceptors (Lipinski definition) is 1. The van der Waals surface area contributed by atoms with E-state index in [4.69, 9.17) is 23.2 Å². The van der Waals surface area contributed by atoms with Gasteiger partial charge < -0.3 is 0 Å². The highest BCUT2D eigenvalue weighted by Gasteiger charge is 2.31. The maximum Gasteiger partial charge on any atom is 0.131 e. The van der Waals surface area contributed by atoms with Crippen LogP contribution in [0.1, 0.15) is 103 Å². The smallest absolute Gasteiger partial charge is 0.131 e. The summed E-state index contributed by atoms with van der Waals surface area (Å²) in [5.41, 5.74) is 1.33. The van der Waals surface area contributed by atoms with E-state index in [1.165, 1.54) is 107 Å². The fourth-order valence-corrected chi connectivity index (χ4v) is 10.3. The molecular weight excluding hydrogens is 401 g/mol. The Labute approximate surface area is 186 Å². The fraction of sp³-hybridized carbons (Fsp3) is 0.792. The summed E-state index contributed by atoms with van der Waals surface area (Å²) in [6.45, 7) is 6.92. The lowest BCUT2D eigenvalue weighted by molar-refractivity contribution is 0.662. The lowest BCUT2D eigenvalue weighted by atomic mass is 10.2. The minimum absolute atomic E-state index is 0.549. The number of halogens is 2. The Morgan fingerprint density at radius 1 is 0.643 bits per heavy atom. The van der Waals surface area contributed by atoms with Gasteiger partial charge in [0.2, 0.25) is 0 Å². The molecule has 1 aromatic rings. The zero-order chi connectivity index (χ0) is 20.7. The Morgan fingerprint density at radius 3 is 1.39 bits per heavy atom. The Hall–Kier alpha value is -0.0531. The normalized spacial score (nSPS) is 11.9. The summed E-state index contributed by atoms with van der Waals surface area (Å²) in [6, 6.07) is 9.80. The Kier molecular flexibility index (Phi) is 14.6. The largest absolute Gasteiger partial charge is 0.224 e. The van der Waals surface area contributed by atoms with E-state index in [1.54, 1.807) is 0 Å². The quantitative estimate of drug-likeness (QED) is 0.132. The van der Waals surface area contributed by atoms with Gasteiger partial charge in [0, 0.05) is 0 Å². The third kappa shape index (κ3) is 11.2. The van der Waals surface area contributed by atoms with Crippen LogP contribution in [0.3, 0.4) is 0 Å². The van der Waals surface area contributed by atoms with Crippen molar-refractivity contribution in [3.05, 3.63) is 28.0 Å². The first-order chi connectivity index (χ1) is 13.5. The molecule has 1 heterocycles. The topological polar surface area (TPSA) is 12.9 Å². The summed E-state index contributed by atoms with van der Waals surface area (Å²) < 4.78 is 0. The third-order valence-electron chi connectivity index (χ3n) is 6.08. The Balaban J connectivity index is 2.92. The van der Waals surface area contributed by atoms with Crippen LogP contribution < -0.4 is 0 Å². The first-order valence-electron chi connectivity index (χ1n) is 11.9. The average molecular weight is 445 g/mol. The van der Waals surface area contributed by atoms with Gasteiger partial charge in [0.1, 0.15) is 10.3 Å². The second-order valence-corrected chi connectivity index (χ2v) is 14.4. The van der Waals surface area contributed by atoms with Crippen LogP contribution in [0.2, 0.25) is 28.4 Å². The Bertz CT molecular complexity index is 470. The number of rotatable bonds is 17. The molecule has 28 heavy (non-hydrogen) atoms. The maximum atomic E-state index is 6.24. The van der Waals surface area contributed by atoms with Crippen molar-refractivity contribution in [1.29, 1.82) is 0 Å². The molecule has 0 unspecified atom stereocenters. The molecule has 0 saturated heterocycles. The highest BCUT2D eigenvalue weighted by molar-refractivity contribution is 6.79. The van der Waals surface area contributed by atoms with E-state index in [-0.39, 0.29) is 0 Å². The molecule has 0 aliphatic heterocycles. The van der Waals surface area contributed by atoms with Gasteiger partial charge in [0.15, 0.2) is 0 Å². The first kappa shape index (κ1) is 26.0. The molecule has 0 radical (unpaired) electrons. The van der Waals surface area contributed by atoms with E-state index in [0.717, 1.165) is 0 Å². The molecule has 0 bridgehead atoms. The number of aromatic nitrogens is 1. The molecule has 0 fully saturated rings. The van der Waals surface area contributed by atoms with Gasteiger partial charge in [-0.05, 0) is 23.7 Å². The van der Waals surface area contributed by atoms with Gasteiger partial charge in [-0.1, -0.05) is 139 Å². The molecule has 1 nitrogen and oxygen atoms in total. The first-order valence-corrected chi connectivity index (χ1v) is 15.5. The highest BCUT2D eigenvalue weighted by Crippen LogP contribution is 2.33. The van der Waals surface area contributed by atoms with Crippen LogP contribution in [0.4, 0.5) is 0 Å². The molecule has 0 aliphatic carbocycles. The highest BCUT2D eigenvalue weighted by atomic mass is 35.5. The SMILES string of the molecule is CCCCCC[Si](CCCCCC)(CCCCCC)Cc1cc(Cl)nc(Cl)c1. The van der Waals surface area contributed by atoms with Crippen molar-refractivity contribution >= 4 is 31.3 Å². The van der Waals surface area contributed by atoms with Gasteiger partial charge in [-0.15, -0.1) is 0 Å². The molecule has 0 atom stereocenters. The number of unbranched alkanes of at least 4 members (excludes halogenated alkanes) is 9. The van der Waals surface area contributed by atoms with E-state index in [9.17, 15) is 0 Å². The maximum absolute atomic E-state index is 6.24. The molecule has 0 N–H and O–H groups in total. The molecule has 1 rings (SSSR count). The number of hydrogen-bond donors (Lipinski definition) is 0. The molecule has 0 aromatic carbocycles. The average Bonchev–Trinajstić information content (AvgIpc) is 2.65. The summed E-state index contributed by atoms with van der Waals surface area (Å²) >= 11 is 12.5. The van der Waals surface area contributed by atoms with Gasteiger partial charge in [0.25, 0.3) is 0 Å². The molecular formula is C24H43Cl2NSi. The van der Waals surface area contributed by atoms with Crippen molar-refractivity contribution in [3.8, 4) is 0 Å². The Morgan fingerprint density at radius 2 is 1.04 bits per heavy atom. The molecule has 0 saturated carbocycles. The summed E-state index contributed by atoms with van der Waals surface area (Å²) in [5.74, 6) is 0. The standard InChI is InChI=1S/C24H43Cl2NSi/c1-4-7-10-13-16-28(17-14-11-8-5-2,18-15-12-9-6-3)21-22-19-23(25)27-24(26)20-22/h19-20H,4-18,21H2,1-3H3. The van der Waals surface area contributed by atoms with Crippen LogP contribution in [-0.2, 0) is 6.04 Å². The predicted octanol–water partition coefficient (Wildman–Crippen LogP) is 9.66. The molecule has 0 amide bonds. The van der Waals surface area contributed by atoms with Crippen molar-refractivity contribution in [2.75, 3.05) is 0 Å². The molecule has 162 valence electrons. The van der Waals surface area contributed by atoms with Crippen molar-refractivity contribution in [2.24, 2.45) is 0 Å².